The molecule has 2 aliphatic rings. The summed E-state index contributed by atoms with van der Waals surface area (Å²) in [6.07, 6.45) is 2.95. The first kappa shape index (κ1) is 21.1. The molecule has 3 heterocycles. The van der Waals surface area contributed by atoms with Gasteiger partial charge in [-0.25, -0.2) is 0 Å². The lowest BCUT2D eigenvalue weighted by Gasteiger charge is -2.36. The number of nitrogens with one attached hydrogen (secondary N) is 2. The Labute approximate surface area is 192 Å². The van der Waals surface area contributed by atoms with Crippen molar-refractivity contribution >= 4 is 17.5 Å². The van der Waals surface area contributed by atoms with E-state index in [1.54, 1.807) is 18.2 Å². The lowest BCUT2D eigenvalue weighted by atomic mass is 9.98. The van der Waals surface area contributed by atoms with Crippen molar-refractivity contribution in [1.29, 1.82) is 0 Å². The molecule has 0 aliphatic carbocycles. The maximum atomic E-state index is 12.6. The standard InChI is InChI=1S/C25H26N4O4/c1-28-11-4-7-20(28)21(29-12-10-17-5-2-3-6-18(17)15-29)14-26-24(30)25(31)27-19-8-9-22-23(13-19)33-16-32-22/h2-9,11,13,21H,10,12,14-16H2,1H3,(H,26,30)(H,27,31)/t21-/m0/s1. The highest BCUT2D eigenvalue weighted by atomic mass is 16.7. The van der Waals surface area contributed by atoms with E-state index in [1.807, 2.05) is 19.3 Å². The van der Waals surface area contributed by atoms with Crippen molar-refractivity contribution in [3.63, 3.8) is 0 Å². The van der Waals surface area contributed by atoms with E-state index in [1.165, 1.54) is 11.1 Å². The molecule has 8 nitrogen and oxygen atoms in total. The minimum absolute atomic E-state index is 0.0550. The van der Waals surface area contributed by atoms with E-state index in [9.17, 15) is 9.59 Å². The third-order valence-corrected chi connectivity index (χ3v) is 6.22. The van der Waals surface area contributed by atoms with Crippen LogP contribution in [0, 0.1) is 0 Å². The van der Waals surface area contributed by atoms with Crippen molar-refractivity contribution in [3.05, 3.63) is 77.6 Å². The molecular weight excluding hydrogens is 420 g/mol. The maximum Gasteiger partial charge on any atom is 0.313 e. The number of hydrogen-bond donors (Lipinski definition) is 2. The SMILES string of the molecule is Cn1cccc1[C@H](CNC(=O)C(=O)Nc1ccc2c(c1)OCO2)N1CCc2ccccc2C1. The highest BCUT2D eigenvalue weighted by Crippen LogP contribution is 2.34. The minimum atomic E-state index is -0.719. The third kappa shape index (κ3) is 4.42. The number of anilines is 1. The molecule has 0 unspecified atom stereocenters. The molecule has 33 heavy (non-hydrogen) atoms. The van der Waals surface area contributed by atoms with E-state index in [-0.39, 0.29) is 12.8 Å². The second-order valence-corrected chi connectivity index (χ2v) is 8.28. The second-order valence-electron chi connectivity index (χ2n) is 8.28. The van der Waals surface area contributed by atoms with E-state index < -0.39 is 11.8 Å². The molecule has 2 amide bonds. The van der Waals surface area contributed by atoms with Gasteiger partial charge < -0.3 is 24.7 Å². The van der Waals surface area contributed by atoms with Crippen molar-refractivity contribution in [3.8, 4) is 11.5 Å². The number of benzene rings is 2. The van der Waals surface area contributed by atoms with Crippen LogP contribution >= 0.6 is 0 Å². The average Bonchev–Trinajstić information content (AvgIpc) is 3.47. The Morgan fingerprint density at radius 1 is 1.00 bits per heavy atom. The molecule has 3 aromatic rings. The summed E-state index contributed by atoms with van der Waals surface area (Å²) in [5, 5.41) is 5.46. The van der Waals surface area contributed by atoms with Gasteiger partial charge in [-0.3, -0.25) is 14.5 Å². The number of aromatic nitrogens is 1. The normalized spacial score (nSPS) is 15.5. The predicted octanol–water partition coefficient (Wildman–Crippen LogP) is 2.61. The summed E-state index contributed by atoms with van der Waals surface area (Å²) >= 11 is 0. The number of nitrogens with zero attached hydrogens (tertiary/aromatic N) is 2. The largest absolute Gasteiger partial charge is 0.454 e. The number of ether oxygens (including phenoxy) is 2. The van der Waals surface area contributed by atoms with Gasteiger partial charge in [0.1, 0.15) is 0 Å². The zero-order valence-corrected chi connectivity index (χ0v) is 18.4. The molecule has 0 spiro atoms. The molecule has 5 rings (SSSR count). The number of fused-ring (bicyclic) bond motifs is 2. The molecule has 170 valence electrons. The zero-order valence-electron chi connectivity index (χ0n) is 18.4. The zero-order chi connectivity index (χ0) is 22.8. The van der Waals surface area contributed by atoms with Crippen molar-refractivity contribution < 1.29 is 19.1 Å². The Bertz CT molecular complexity index is 1190. The highest BCUT2D eigenvalue weighted by Gasteiger charge is 2.27. The number of amides is 2. The Balaban J connectivity index is 1.26. The Hall–Kier alpha value is -3.78. The molecule has 8 heteroatoms. The minimum Gasteiger partial charge on any atom is -0.454 e. The van der Waals surface area contributed by atoms with Crippen LogP contribution in [0.25, 0.3) is 0 Å². The van der Waals surface area contributed by atoms with Crippen molar-refractivity contribution in [2.45, 2.75) is 19.0 Å². The Kier molecular flexibility index (Phi) is 5.75. The fourth-order valence-corrected chi connectivity index (χ4v) is 4.46. The van der Waals surface area contributed by atoms with Crippen molar-refractivity contribution in [1.82, 2.24) is 14.8 Å². The van der Waals surface area contributed by atoms with Crippen LogP contribution in [0.15, 0.2) is 60.8 Å². The van der Waals surface area contributed by atoms with Gasteiger partial charge in [-0.05, 0) is 41.8 Å². The lowest BCUT2D eigenvalue weighted by Crippen LogP contribution is -2.44. The molecule has 0 radical (unpaired) electrons. The van der Waals surface area contributed by atoms with Crippen molar-refractivity contribution in [2.24, 2.45) is 7.05 Å². The fraction of sp³-hybridized carbons (Fsp3) is 0.280. The van der Waals surface area contributed by atoms with Gasteiger partial charge in [-0.15, -0.1) is 0 Å². The molecule has 1 atom stereocenters. The number of carbonyl (C=O) groups excluding carboxylic acids is 2. The summed E-state index contributed by atoms with van der Waals surface area (Å²) < 4.78 is 12.7. The van der Waals surface area contributed by atoms with Gasteiger partial charge in [0.2, 0.25) is 6.79 Å². The first-order valence-corrected chi connectivity index (χ1v) is 11.0. The van der Waals surface area contributed by atoms with E-state index in [4.69, 9.17) is 9.47 Å². The summed E-state index contributed by atoms with van der Waals surface area (Å²) in [6, 6.07) is 17.5. The predicted molar refractivity (Wildman–Crippen MR) is 123 cm³/mol. The molecular formula is C25H26N4O4. The number of rotatable bonds is 5. The smallest absolute Gasteiger partial charge is 0.313 e. The molecule has 2 N–H and O–H groups in total. The monoisotopic (exact) mass is 446 g/mol. The molecule has 0 bridgehead atoms. The van der Waals surface area contributed by atoms with Crippen LogP contribution in [0.3, 0.4) is 0 Å². The molecule has 1 aromatic heterocycles. The average molecular weight is 447 g/mol. The maximum absolute atomic E-state index is 12.6. The van der Waals surface area contributed by atoms with E-state index in [2.05, 4.69) is 50.4 Å². The topological polar surface area (TPSA) is 84.8 Å². The molecule has 0 saturated carbocycles. The number of hydrogen-bond acceptors (Lipinski definition) is 5. The lowest BCUT2D eigenvalue weighted by molar-refractivity contribution is -0.136. The van der Waals surface area contributed by atoms with Gasteiger partial charge >= 0.3 is 11.8 Å². The van der Waals surface area contributed by atoms with E-state index in [0.29, 0.717) is 23.7 Å². The Morgan fingerprint density at radius 3 is 2.64 bits per heavy atom. The van der Waals surface area contributed by atoms with Crippen LogP contribution in [0.4, 0.5) is 5.69 Å². The van der Waals surface area contributed by atoms with Gasteiger partial charge in [0.15, 0.2) is 11.5 Å². The summed E-state index contributed by atoms with van der Waals surface area (Å²) in [7, 11) is 1.99. The molecule has 2 aromatic carbocycles. The first-order valence-electron chi connectivity index (χ1n) is 11.0. The molecule has 0 saturated heterocycles. The summed E-state index contributed by atoms with van der Waals surface area (Å²) in [4.78, 5) is 27.5. The summed E-state index contributed by atoms with van der Waals surface area (Å²) in [6.45, 7) is 2.15. The van der Waals surface area contributed by atoms with Gasteiger partial charge in [0.05, 0.1) is 6.04 Å². The van der Waals surface area contributed by atoms with Crippen LogP contribution in [0.2, 0.25) is 0 Å². The molecule has 2 aliphatic heterocycles. The van der Waals surface area contributed by atoms with E-state index >= 15 is 0 Å². The van der Waals surface area contributed by atoms with Crippen LogP contribution in [-0.2, 0) is 29.6 Å². The number of carbonyl (C=O) groups is 2. The highest BCUT2D eigenvalue weighted by molar-refractivity contribution is 6.39. The second kappa shape index (κ2) is 8.99. The van der Waals surface area contributed by atoms with Gasteiger partial charge in [0, 0.05) is 50.3 Å². The summed E-state index contributed by atoms with van der Waals surface area (Å²) in [5.41, 5.74) is 4.23. The Morgan fingerprint density at radius 2 is 1.82 bits per heavy atom. The summed E-state index contributed by atoms with van der Waals surface area (Å²) in [5.74, 6) is -0.235. The quantitative estimate of drug-likeness (QED) is 0.589. The van der Waals surface area contributed by atoms with Gasteiger partial charge in [-0.2, -0.15) is 0 Å². The van der Waals surface area contributed by atoms with Gasteiger partial charge in [0.25, 0.3) is 0 Å². The van der Waals surface area contributed by atoms with Crippen LogP contribution < -0.4 is 20.1 Å². The van der Waals surface area contributed by atoms with Crippen LogP contribution in [0.5, 0.6) is 11.5 Å². The van der Waals surface area contributed by atoms with Gasteiger partial charge in [-0.1, -0.05) is 24.3 Å². The first-order chi connectivity index (χ1) is 16.1. The third-order valence-electron chi connectivity index (χ3n) is 6.22. The molecule has 0 fully saturated rings. The fourth-order valence-electron chi connectivity index (χ4n) is 4.46. The van der Waals surface area contributed by atoms with Crippen LogP contribution in [-0.4, -0.2) is 41.2 Å². The van der Waals surface area contributed by atoms with E-state index in [0.717, 1.165) is 25.2 Å². The van der Waals surface area contributed by atoms with Crippen LogP contribution in [0.1, 0.15) is 22.9 Å². The number of aryl methyl sites for hydroxylation is 1. The van der Waals surface area contributed by atoms with Crippen molar-refractivity contribution in [2.75, 3.05) is 25.2 Å².